The van der Waals surface area contributed by atoms with E-state index in [2.05, 4.69) is 0 Å². The van der Waals surface area contributed by atoms with Gasteiger partial charge in [0.05, 0.1) is 18.0 Å². The lowest BCUT2D eigenvalue weighted by atomic mass is 10.1. The molecule has 0 bridgehead atoms. The fourth-order valence-corrected chi connectivity index (χ4v) is 1.95. The topological polar surface area (TPSA) is 93.5 Å². The van der Waals surface area contributed by atoms with Gasteiger partial charge in [-0.05, 0) is 5.56 Å². The van der Waals surface area contributed by atoms with E-state index in [1.54, 1.807) is 0 Å². The molecule has 1 N–H and O–H groups in total. The number of hydrogen-bond acceptors (Lipinski definition) is 5. The first kappa shape index (κ1) is 14.7. The molecular formula is C14H15N3O4. The predicted octanol–water partition coefficient (Wildman–Crippen LogP) is 1.23. The second kappa shape index (κ2) is 6.19. The Hall–Kier alpha value is -2.67. The van der Waals surface area contributed by atoms with Crippen LogP contribution in [0.15, 0.2) is 48.7 Å². The van der Waals surface area contributed by atoms with Crippen LogP contribution in [-0.4, -0.2) is 23.3 Å². The molecule has 2 rings (SSSR count). The maximum atomic E-state index is 11.7. The predicted molar refractivity (Wildman–Crippen MR) is 76.6 cm³/mol. The Kier molecular flexibility index (Phi) is 4.34. The minimum atomic E-state index is -0.963. The number of anilines is 1. The van der Waals surface area contributed by atoms with E-state index in [0.717, 1.165) is 23.9 Å². The van der Waals surface area contributed by atoms with Crippen molar-refractivity contribution in [3.8, 4) is 0 Å². The second-order valence-corrected chi connectivity index (χ2v) is 4.61. The lowest BCUT2D eigenvalue weighted by Gasteiger charge is -2.21. The molecule has 21 heavy (non-hydrogen) atoms. The van der Waals surface area contributed by atoms with Crippen LogP contribution in [0.3, 0.4) is 0 Å². The Morgan fingerprint density at radius 3 is 2.62 bits per heavy atom. The van der Waals surface area contributed by atoms with Crippen molar-refractivity contribution in [2.75, 3.05) is 11.9 Å². The fourth-order valence-electron chi connectivity index (χ4n) is 1.95. The van der Waals surface area contributed by atoms with Gasteiger partial charge in [0, 0.05) is 6.42 Å². The highest BCUT2D eigenvalue weighted by Gasteiger charge is 2.24. The van der Waals surface area contributed by atoms with Crippen LogP contribution in [0.1, 0.15) is 5.56 Å². The van der Waals surface area contributed by atoms with Gasteiger partial charge >= 0.3 is 0 Å². The maximum absolute atomic E-state index is 11.7. The van der Waals surface area contributed by atoms with Gasteiger partial charge < -0.3 is 10.3 Å². The molecule has 0 aliphatic heterocycles. The Morgan fingerprint density at radius 2 is 2.00 bits per heavy atom. The number of pyridine rings is 1. The Balaban J connectivity index is 2.20. The van der Waals surface area contributed by atoms with Crippen molar-refractivity contribution in [1.29, 1.82) is 0 Å². The summed E-state index contributed by atoms with van der Waals surface area (Å²) in [4.78, 5) is 11.5. The summed E-state index contributed by atoms with van der Waals surface area (Å²) >= 11 is 0. The van der Waals surface area contributed by atoms with Gasteiger partial charge in [-0.2, -0.15) is 0 Å². The van der Waals surface area contributed by atoms with E-state index in [-0.39, 0.29) is 11.5 Å². The summed E-state index contributed by atoms with van der Waals surface area (Å²) in [6, 6.07) is 11.5. The molecule has 0 saturated carbocycles. The number of aliphatic hydroxyl groups is 1. The monoisotopic (exact) mass is 289 g/mol. The molecule has 7 heteroatoms. The average Bonchev–Trinajstić information content (AvgIpc) is 2.47. The smallest absolute Gasteiger partial charge is 0.288 e. The van der Waals surface area contributed by atoms with Gasteiger partial charge in [0.2, 0.25) is 0 Å². The zero-order valence-electron chi connectivity index (χ0n) is 11.4. The van der Waals surface area contributed by atoms with Crippen LogP contribution >= 0.6 is 0 Å². The van der Waals surface area contributed by atoms with Gasteiger partial charge in [-0.3, -0.25) is 10.1 Å². The molecular weight excluding hydrogens is 274 g/mol. The van der Waals surface area contributed by atoms with E-state index in [0.29, 0.717) is 11.2 Å². The van der Waals surface area contributed by atoms with Crippen molar-refractivity contribution < 1.29 is 14.8 Å². The van der Waals surface area contributed by atoms with Crippen LogP contribution in [0.5, 0.6) is 0 Å². The van der Waals surface area contributed by atoms with E-state index in [1.807, 2.05) is 30.3 Å². The summed E-state index contributed by atoms with van der Waals surface area (Å²) in [5.74, 6) is 0.0210. The highest BCUT2D eigenvalue weighted by Crippen LogP contribution is 2.18. The molecule has 0 fully saturated rings. The summed E-state index contributed by atoms with van der Waals surface area (Å²) in [5, 5.41) is 32.7. The molecule has 0 saturated heterocycles. The first-order valence-corrected chi connectivity index (χ1v) is 6.31. The number of nitrogens with zero attached hydrogens (tertiary/aromatic N) is 3. The van der Waals surface area contributed by atoms with Gasteiger partial charge in [-0.25, -0.2) is 9.63 Å². The molecule has 0 aliphatic rings. The minimum absolute atomic E-state index is 0.0210. The number of aromatic nitrogens is 1. The van der Waals surface area contributed by atoms with Crippen molar-refractivity contribution in [3.63, 3.8) is 0 Å². The summed E-state index contributed by atoms with van der Waals surface area (Å²) in [5.41, 5.74) is 0.704. The Bertz CT molecular complexity index is 633. The third kappa shape index (κ3) is 3.46. The standard InChI is InChI=1S/C14H15N3O4/c1-15(14(18)9-11-5-3-2-4-6-11)13-10-12(17(20)21)7-8-16(13)19/h2-8,10,14,18H,9H2,1H3. The molecule has 1 aromatic carbocycles. The van der Waals surface area contributed by atoms with Crippen molar-refractivity contribution in [1.82, 2.24) is 0 Å². The first-order chi connectivity index (χ1) is 9.99. The summed E-state index contributed by atoms with van der Waals surface area (Å²) in [6.07, 6.45) is 0.397. The maximum Gasteiger partial charge on any atom is 0.288 e. The zero-order chi connectivity index (χ0) is 15.4. The van der Waals surface area contributed by atoms with Crippen molar-refractivity contribution in [3.05, 3.63) is 69.5 Å². The highest BCUT2D eigenvalue weighted by molar-refractivity contribution is 5.42. The molecule has 7 nitrogen and oxygen atoms in total. The molecule has 1 heterocycles. The van der Waals surface area contributed by atoms with E-state index >= 15 is 0 Å². The minimum Gasteiger partial charge on any atom is -0.711 e. The average molecular weight is 289 g/mol. The van der Waals surface area contributed by atoms with E-state index in [4.69, 9.17) is 0 Å². The number of aliphatic hydroxyl groups excluding tert-OH is 1. The first-order valence-electron chi connectivity index (χ1n) is 6.31. The van der Waals surface area contributed by atoms with Gasteiger partial charge in [-0.1, -0.05) is 30.3 Å². The van der Waals surface area contributed by atoms with Gasteiger partial charge in [0.1, 0.15) is 12.3 Å². The number of benzene rings is 1. The van der Waals surface area contributed by atoms with Crippen molar-refractivity contribution >= 4 is 11.5 Å². The van der Waals surface area contributed by atoms with Crippen LogP contribution in [0, 0.1) is 15.3 Å². The van der Waals surface area contributed by atoms with Gasteiger partial charge in [0.15, 0.2) is 6.23 Å². The molecule has 1 aromatic heterocycles. The Labute approximate surface area is 121 Å². The fraction of sp³-hybridized carbons (Fsp3) is 0.214. The number of nitro groups is 1. The number of rotatable bonds is 5. The molecule has 110 valence electrons. The number of hydrogen-bond donors (Lipinski definition) is 1. The van der Waals surface area contributed by atoms with Crippen molar-refractivity contribution in [2.24, 2.45) is 0 Å². The normalized spacial score (nSPS) is 11.9. The third-order valence-electron chi connectivity index (χ3n) is 3.16. The van der Waals surface area contributed by atoms with Crippen LogP contribution < -0.4 is 9.63 Å². The molecule has 0 amide bonds. The quantitative estimate of drug-likeness (QED) is 0.294. The second-order valence-electron chi connectivity index (χ2n) is 4.61. The lowest BCUT2D eigenvalue weighted by Crippen LogP contribution is -2.42. The largest absolute Gasteiger partial charge is 0.711 e. The molecule has 0 spiro atoms. The van der Waals surface area contributed by atoms with E-state index in [1.165, 1.54) is 11.9 Å². The van der Waals surface area contributed by atoms with Crippen molar-refractivity contribution in [2.45, 2.75) is 12.6 Å². The van der Waals surface area contributed by atoms with Gasteiger partial charge in [0.25, 0.3) is 11.5 Å². The highest BCUT2D eigenvalue weighted by atomic mass is 16.6. The molecule has 0 aliphatic carbocycles. The summed E-state index contributed by atoms with van der Waals surface area (Å²) in [7, 11) is 1.51. The molecule has 0 radical (unpaired) electrons. The summed E-state index contributed by atoms with van der Waals surface area (Å²) < 4.78 is 0.487. The SMILES string of the molecule is CN(c1cc([N+](=O)[O-])cc[n+]1[O-])C(O)Cc1ccccc1. The van der Waals surface area contributed by atoms with Crippen LogP contribution in [-0.2, 0) is 6.42 Å². The third-order valence-corrected chi connectivity index (χ3v) is 3.16. The zero-order valence-corrected chi connectivity index (χ0v) is 11.4. The lowest BCUT2D eigenvalue weighted by molar-refractivity contribution is -0.593. The van der Waals surface area contributed by atoms with E-state index in [9.17, 15) is 20.4 Å². The Morgan fingerprint density at radius 1 is 1.33 bits per heavy atom. The van der Waals surface area contributed by atoms with E-state index < -0.39 is 11.2 Å². The van der Waals surface area contributed by atoms with Crippen LogP contribution in [0.4, 0.5) is 11.5 Å². The van der Waals surface area contributed by atoms with Crippen LogP contribution in [0.2, 0.25) is 0 Å². The molecule has 1 unspecified atom stereocenters. The molecule has 2 aromatic rings. The number of likely N-dealkylation sites (N-methyl/N-ethyl adjacent to an activating group) is 1. The van der Waals surface area contributed by atoms with Gasteiger partial charge in [-0.15, -0.1) is 0 Å². The van der Waals surface area contributed by atoms with Crippen LogP contribution in [0.25, 0.3) is 0 Å². The molecule has 1 atom stereocenters. The summed E-state index contributed by atoms with van der Waals surface area (Å²) in [6.45, 7) is 0.